The van der Waals surface area contributed by atoms with Gasteiger partial charge in [-0.25, -0.2) is 0 Å². The van der Waals surface area contributed by atoms with E-state index in [0.29, 0.717) is 6.61 Å². The molecule has 1 saturated heterocycles. The van der Waals surface area contributed by atoms with E-state index in [-0.39, 0.29) is 18.3 Å². The van der Waals surface area contributed by atoms with Crippen LogP contribution in [0.2, 0.25) is 0 Å². The molecule has 2 aliphatic rings. The minimum Gasteiger partial charge on any atom is -0.399 e. The highest BCUT2D eigenvalue weighted by Gasteiger charge is 2.51. The quantitative estimate of drug-likeness (QED) is 0.787. The Morgan fingerprint density at radius 1 is 1.05 bits per heavy atom. The van der Waals surface area contributed by atoms with E-state index in [2.05, 4.69) is 32.9 Å². The molecule has 0 unspecified atom stereocenters. The number of hydrogen-bond donors (Lipinski definition) is 0. The van der Waals surface area contributed by atoms with E-state index in [1.807, 2.05) is 24.3 Å². The molecule has 3 rings (SSSR count). The van der Waals surface area contributed by atoms with Gasteiger partial charge in [-0.15, -0.1) is 0 Å². The summed E-state index contributed by atoms with van der Waals surface area (Å²) in [7, 11) is -0.318. The van der Waals surface area contributed by atoms with E-state index in [1.165, 1.54) is 0 Å². The van der Waals surface area contributed by atoms with Crippen molar-refractivity contribution in [3.05, 3.63) is 29.8 Å². The van der Waals surface area contributed by atoms with Crippen LogP contribution in [0.25, 0.3) is 0 Å². The third-order valence-corrected chi connectivity index (χ3v) is 5.20. The van der Waals surface area contributed by atoms with Gasteiger partial charge < -0.3 is 14.1 Å². The van der Waals surface area contributed by atoms with Gasteiger partial charge in [0.1, 0.15) is 11.7 Å². The van der Waals surface area contributed by atoms with Crippen LogP contribution in [-0.4, -0.2) is 35.7 Å². The summed E-state index contributed by atoms with van der Waals surface area (Å²) in [6, 6.07) is 8.16. The maximum Gasteiger partial charge on any atom is 0.494 e. The smallest absolute Gasteiger partial charge is 0.399 e. The molecule has 2 heterocycles. The van der Waals surface area contributed by atoms with Crippen LogP contribution in [0.4, 0.5) is 0 Å². The van der Waals surface area contributed by atoms with Gasteiger partial charge in [-0.2, -0.15) is 0 Å². The minimum absolute atomic E-state index is 0.312. The fourth-order valence-corrected chi connectivity index (χ4v) is 2.96. The lowest BCUT2D eigenvalue weighted by atomic mass is 9.79. The molecule has 1 aromatic carbocycles. The van der Waals surface area contributed by atoms with Crippen LogP contribution in [0, 0.1) is 0 Å². The molecule has 112 valence electrons. The zero-order valence-corrected chi connectivity index (χ0v) is 13.7. The maximum absolute atomic E-state index is 6.05. The lowest BCUT2D eigenvalue weighted by molar-refractivity contribution is 0.00578. The molecule has 0 amide bonds. The number of hydrogen-bond acceptors (Lipinski definition) is 5. The van der Waals surface area contributed by atoms with Crippen molar-refractivity contribution < 1.29 is 14.1 Å². The molecule has 1 fully saturated rings. The monoisotopic (exact) mass is 305 g/mol. The lowest BCUT2D eigenvalue weighted by Crippen LogP contribution is -2.41. The van der Waals surface area contributed by atoms with Crippen LogP contribution >= 0.6 is 11.8 Å². The van der Waals surface area contributed by atoms with Crippen molar-refractivity contribution in [1.29, 1.82) is 0 Å². The molecule has 0 aliphatic carbocycles. The Balaban J connectivity index is 1.78. The van der Waals surface area contributed by atoms with Gasteiger partial charge in [-0.1, -0.05) is 41.2 Å². The summed E-state index contributed by atoms with van der Waals surface area (Å²) in [6.45, 7) is 8.93. The summed E-state index contributed by atoms with van der Waals surface area (Å²) in [6.07, 6.45) is 0. The summed E-state index contributed by atoms with van der Waals surface area (Å²) >= 11 is 1.72. The Morgan fingerprint density at radius 2 is 1.67 bits per heavy atom. The zero-order valence-electron chi connectivity index (χ0n) is 12.9. The Bertz CT molecular complexity index is 541. The van der Waals surface area contributed by atoms with Gasteiger partial charge in [-0.05, 0) is 33.2 Å². The van der Waals surface area contributed by atoms with E-state index < -0.39 is 0 Å². The van der Waals surface area contributed by atoms with E-state index in [1.54, 1.807) is 11.8 Å². The molecule has 2 aliphatic heterocycles. The Hall–Kier alpha value is -0.975. The molecule has 0 radical (unpaired) electrons. The summed E-state index contributed by atoms with van der Waals surface area (Å²) in [4.78, 5) is 5.14. The molecule has 0 bridgehead atoms. The third kappa shape index (κ3) is 2.85. The average molecular weight is 305 g/mol. The van der Waals surface area contributed by atoms with Gasteiger partial charge in [0.15, 0.2) is 0 Å². The minimum atomic E-state index is -0.318. The summed E-state index contributed by atoms with van der Waals surface area (Å²) < 4.78 is 12.1. The average Bonchev–Trinajstić information content (AvgIpc) is 2.69. The van der Waals surface area contributed by atoms with Gasteiger partial charge in [0.25, 0.3) is 0 Å². The Labute approximate surface area is 130 Å². The van der Waals surface area contributed by atoms with Crippen molar-refractivity contribution in [3.8, 4) is 0 Å². The topological polar surface area (TPSA) is 40.0 Å². The van der Waals surface area contributed by atoms with Gasteiger partial charge in [0, 0.05) is 11.3 Å². The van der Waals surface area contributed by atoms with Crippen molar-refractivity contribution in [2.24, 2.45) is 5.16 Å². The van der Waals surface area contributed by atoms with Gasteiger partial charge in [0.05, 0.1) is 11.2 Å². The summed E-state index contributed by atoms with van der Waals surface area (Å²) in [5.41, 5.74) is 1.47. The SMILES string of the molecule is CC1(C)OB(c2ccc(C3=NOCCS3)cc2)OC1(C)C. The van der Waals surface area contributed by atoms with Crippen molar-refractivity contribution >= 4 is 29.4 Å². The highest BCUT2D eigenvalue weighted by atomic mass is 32.2. The highest BCUT2D eigenvalue weighted by Crippen LogP contribution is 2.36. The number of benzene rings is 1. The molecule has 0 saturated carbocycles. The molecular formula is C15H20BNO3S. The summed E-state index contributed by atoms with van der Waals surface area (Å²) in [5, 5.41) is 5.02. The Kier molecular flexibility index (Phi) is 3.80. The van der Waals surface area contributed by atoms with Crippen molar-refractivity contribution in [3.63, 3.8) is 0 Å². The summed E-state index contributed by atoms with van der Waals surface area (Å²) in [5.74, 6) is 0.942. The molecule has 4 nitrogen and oxygen atoms in total. The standard InChI is InChI=1S/C15H20BNO3S/c1-14(2)15(3,4)20-16(19-14)12-7-5-11(6-8-12)13-17-18-9-10-21-13/h5-8H,9-10H2,1-4H3. The first-order valence-corrected chi connectivity index (χ1v) is 8.16. The Morgan fingerprint density at radius 3 is 2.19 bits per heavy atom. The van der Waals surface area contributed by atoms with E-state index in [9.17, 15) is 0 Å². The van der Waals surface area contributed by atoms with Crippen LogP contribution in [0.1, 0.15) is 33.3 Å². The molecule has 0 N–H and O–H groups in total. The van der Waals surface area contributed by atoms with Crippen LogP contribution < -0.4 is 5.46 Å². The fraction of sp³-hybridized carbons (Fsp3) is 0.533. The molecule has 0 aromatic heterocycles. The van der Waals surface area contributed by atoms with Crippen LogP contribution in [0.15, 0.2) is 29.4 Å². The first kappa shape index (κ1) is 14.9. The first-order chi connectivity index (χ1) is 9.89. The predicted octanol–water partition coefficient (Wildman–Crippen LogP) is 2.41. The van der Waals surface area contributed by atoms with E-state index in [0.717, 1.165) is 21.8 Å². The predicted molar refractivity (Wildman–Crippen MR) is 87.1 cm³/mol. The lowest BCUT2D eigenvalue weighted by Gasteiger charge is -2.32. The van der Waals surface area contributed by atoms with Gasteiger partial charge in [0.2, 0.25) is 0 Å². The van der Waals surface area contributed by atoms with Crippen molar-refractivity contribution in [2.45, 2.75) is 38.9 Å². The van der Waals surface area contributed by atoms with Crippen LogP contribution in [0.5, 0.6) is 0 Å². The second kappa shape index (κ2) is 5.34. The van der Waals surface area contributed by atoms with Crippen molar-refractivity contribution in [1.82, 2.24) is 0 Å². The number of nitrogens with zero attached hydrogens (tertiary/aromatic N) is 1. The zero-order chi connectivity index (χ0) is 15.1. The largest absolute Gasteiger partial charge is 0.494 e. The number of rotatable bonds is 2. The van der Waals surface area contributed by atoms with E-state index in [4.69, 9.17) is 14.1 Å². The van der Waals surface area contributed by atoms with Gasteiger partial charge >= 0.3 is 7.12 Å². The van der Waals surface area contributed by atoms with Crippen molar-refractivity contribution in [2.75, 3.05) is 12.4 Å². The maximum atomic E-state index is 6.05. The second-order valence-electron chi connectivity index (χ2n) is 6.29. The third-order valence-electron chi connectivity index (χ3n) is 4.24. The molecule has 0 spiro atoms. The van der Waals surface area contributed by atoms with Crippen LogP contribution in [-0.2, 0) is 14.1 Å². The fourth-order valence-electron chi connectivity index (χ4n) is 2.20. The molecule has 1 aromatic rings. The number of oxime groups is 1. The van der Waals surface area contributed by atoms with E-state index >= 15 is 0 Å². The molecule has 6 heteroatoms. The first-order valence-electron chi connectivity index (χ1n) is 7.18. The highest BCUT2D eigenvalue weighted by molar-refractivity contribution is 8.14. The molecule has 21 heavy (non-hydrogen) atoms. The van der Waals surface area contributed by atoms with Gasteiger partial charge in [-0.3, -0.25) is 0 Å². The molecular weight excluding hydrogens is 285 g/mol. The second-order valence-corrected chi connectivity index (χ2v) is 7.37. The normalized spacial score (nSPS) is 23.6. The number of thioether (sulfide) groups is 1. The van der Waals surface area contributed by atoms with Crippen LogP contribution in [0.3, 0.4) is 0 Å². The molecule has 0 atom stereocenters.